The average Bonchev–Trinajstić information content (AvgIpc) is 1.47. The minimum atomic E-state index is -0.488. The van der Waals surface area contributed by atoms with Crippen molar-refractivity contribution in [2.24, 2.45) is 43.7 Å². The van der Waals surface area contributed by atoms with Gasteiger partial charge in [-0.3, -0.25) is 9.80 Å². The lowest BCUT2D eigenvalue weighted by Crippen LogP contribution is -2.49. The number of nitrogens with one attached hydrogen (secondary N) is 2. The molecule has 2 N–H and O–H groups in total. The van der Waals surface area contributed by atoms with Crippen LogP contribution in [0.25, 0.3) is 131 Å². The predicted molar refractivity (Wildman–Crippen MR) is 518 cm³/mol. The Balaban J connectivity index is 0.000000120. The van der Waals surface area contributed by atoms with E-state index >= 15 is 0 Å². The third-order valence-corrected chi connectivity index (χ3v) is 37.6. The van der Waals surface area contributed by atoms with Crippen molar-refractivity contribution >= 4 is 131 Å². The second-order valence-electron chi connectivity index (χ2n) is 41.4. The highest BCUT2D eigenvalue weighted by Gasteiger charge is 2.61. The second kappa shape index (κ2) is 26.1. The maximum atomic E-state index is 7.62. The van der Waals surface area contributed by atoms with Gasteiger partial charge >= 0.3 is 0 Å². The number of nitrogens with zero attached hydrogens (tertiary/aromatic N) is 7. The number of fused-ring (bicyclic) bond motifs is 33. The Kier molecular flexibility index (Phi) is 17.7. The Labute approximate surface area is 720 Å². The highest BCUT2D eigenvalue weighted by molar-refractivity contribution is 6.31. The topological polar surface area (TPSA) is 77.4 Å². The van der Waals surface area contributed by atoms with Gasteiger partial charge in [-0.1, -0.05) is 34.6 Å². The molecule has 2 fully saturated rings. The van der Waals surface area contributed by atoms with E-state index in [4.69, 9.17) is 9.47 Å². The lowest BCUT2D eigenvalue weighted by atomic mass is 9.77. The number of aryl methyl sites for hydroxylation is 14. The first kappa shape index (κ1) is 82.2. The quantitative estimate of drug-likeness (QED) is 0.171. The molecule has 121 heavy (non-hydrogen) atoms. The first-order valence-corrected chi connectivity index (χ1v) is 46.1. The molecule has 0 aliphatic carbocycles. The van der Waals surface area contributed by atoms with Crippen LogP contribution in [0, 0.1) is 196 Å². The highest BCUT2D eigenvalue weighted by atomic mass is 16.6. The van der Waals surface area contributed by atoms with E-state index in [1.807, 2.05) is 0 Å². The molecule has 0 radical (unpaired) electrons. The maximum absolute atomic E-state index is 7.62. The monoisotopic (exact) mass is 1620 g/mol. The summed E-state index contributed by atoms with van der Waals surface area (Å²) < 4.78 is 27.9. The lowest BCUT2D eigenvalue weighted by Gasteiger charge is -2.48. The van der Waals surface area contributed by atoms with Crippen LogP contribution in [-0.4, -0.2) is 58.3 Å². The van der Waals surface area contributed by atoms with Gasteiger partial charge in [-0.05, 0) is 414 Å². The first-order valence-electron chi connectivity index (χ1n) is 46.1. The molecular formula is C110H139N9O2. The fourth-order valence-corrected chi connectivity index (χ4v) is 26.9. The maximum Gasteiger partial charge on any atom is 0.148 e. The van der Waals surface area contributed by atoms with Crippen LogP contribution in [0.4, 0.5) is 0 Å². The summed E-state index contributed by atoms with van der Waals surface area (Å²) in [7, 11) is 9.24. The molecule has 15 aromatic rings. The largest absolute Gasteiger partial charge is 0.355 e. The Morgan fingerprint density at radius 2 is 0.570 bits per heavy atom. The van der Waals surface area contributed by atoms with Gasteiger partial charge < -0.3 is 42.6 Å². The number of hydrogen-bond acceptors (Lipinski definition) is 5. The fraction of sp³-hybridized carbons (Fsp3) is 0.509. The SMILES string of the molecule is Cc1c(C)c(C)c2c([nH]c3c2c2c(c4c5c(C)c(C)c(C)c(C)c5n(C5(C)OCC(C)C(C)C5C)c34)C(C)N(C)C2C)c1C.Cc1c(C)c(C)c2c(c1C)c1c3c(c4c5c(C)c(C)c(C)c(C)c5n(C)c4c1n2C)C(C)N(C)C3C.Cc1c(C)c(C)c2c(c1C)c1c3c(c4c5c(C)c(C)c(C)c(C)c5n5c4c1n2C1(C)OC5(C)C(C)C1C)C(C)NC3. The number of ether oxygens (including phenoxy) is 2. The van der Waals surface area contributed by atoms with Gasteiger partial charge in [-0.15, -0.1) is 0 Å². The molecule has 0 spiro atoms. The minimum Gasteiger partial charge on any atom is -0.355 e. The van der Waals surface area contributed by atoms with Crippen LogP contribution in [0.1, 0.15) is 287 Å². The van der Waals surface area contributed by atoms with E-state index in [0.29, 0.717) is 59.8 Å². The Morgan fingerprint density at radius 1 is 0.273 bits per heavy atom. The molecule has 11 heteroatoms. The number of benzene rings is 9. The summed E-state index contributed by atoms with van der Waals surface area (Å²) in [5, 5.41) is 21.3. The Hall–Kier alpha value is -8.42. The van der Waals surface area contributed by atoms with Crippen LogP contribution >= 0.6 is 0 Å². The summed E-state index contributed by atoms with van der Waals surface area (Å²) in [6, 6.07) is 1.66. The summed E-state index contributed by atoms with van der Waals surface area (Å²) in [6.07, 6.45) is 0. The summed E-state index contributed by atoms with van der Waals surface area (Å²) in [6.45, 7) is 88.7. The molecule has 636 valence electrons. The smallest absolute Gasteiger partial charge is 0.148 e. The molecule has 13 atom stereocenters. The van der Waals surface area contributed by atoms with Crippen molar-refractivity contribution < 1.29 is 9.47 Å². The predicted octanol–water partition coefficient (Wildman–Crippen LogP) is 28.3. The van der Waals surface area contributed by atoms with Gasteiger partial charge in [0.2, 0.25) is 0 Å². The number of rotatable bonds is 1. The van der Waals surface area contributed by atoms with E-state index in [2.05, 4.69) is 327 Å². The van der Waals surface area contributed by atoms with Gasteiger partial charge in [0.05, 0.1) is 72.8 Å². The average molecular weight is 1620 g/mol. The van der Waals surface area contributed by atoms with E-state index in [0.717, 1.165) is 13.2 Å². The lowest BCUT2D eigenvalue weighted by molar-refractivity contribution is -0.191. The minimum absolute atomic E-state index is 0.294. The standard InChI is InChI=1S/C40H53N3O.C37H45N3O.C33H41N3/c1-17-16-44-40(14,27(11)18(17)2)43-38-26(10)22(6)20(4)24(8)31(38)35-33-29(13)42(15)28(12)32(33)34-30-23(7)19(3)21(5)25(9)36(30)41-37(34)39(35)43;1-15-17(3)21(7)32-27(19(15)5)30-26-14-38-25(11)29(26)31-28-20(6)16(2)18(4)22(8)33(28)40-35(31)34(30)39(32)36(12)23(9)24(10)37(40,13)41-36;1-14-16(3)20(7)30-24(18(14)5)28-26-22(9)34(11)23(10)27(26)29-25-19(6)15(2)17(4)21(8)31(25)36(13)33(29)32(28)35(30)12/h17-18,27-29,41H,16H2,1-15H3;23-25,38H,14H2,1-13H3;22-23H,1-13H3. The third kappa shape index (κ3) is 9.45. The molecule has 6 aromatic heterocycles. The van der Waals surface area contributed by atoms with E-state index < -0.39 is 17.2 Å². The van der Waals surface area contributed by atoms with Crippen LogP contribution in [0.15, 0.2) is 0 Å². The van der Waals surface area contributed by atoms with Crippen molar-refractivity contribution in [1.82, 2.24) is 42.9 Å². The van der Waals surface area contributed by atoms with Gasteiger partial charge in [-0.25, -0.2) is 0 Å². The second-order valence-corrected chi connectivity index (χ2v) is 41.4. The molecule has 21 rings (SSSR count). The summed E-state index contributed by atoms with van der Waals surface area (Å²) in [5.41, 5.74) is 57.9. The van der Waals surface area contributed by atoms with Crippen molar-refractivity contribution in [2.45, 2.75) is 310 Å². The van der Waals surface area contributed by atoms with Gasteiger partial charge in [0.1, 0.15) is 17.2 Å². The van der Waals surface area contributed by atoms with Crippen LogP contribution in [-0.2, 0) is 47.3 Å². The number of hydrogen-bond donors (Lipinski definition) is 2. The molecule has 0 amide bonds. The van der Waals surface area contributed by atoms with Gasteiger partial charge in [0.15, 0.2) is 0 Å². The van der Waals surface area contributed by atoms with E-state index in [-0.39, 0.29) is 0 Å². The molecule has 13 unspecified atom stereocenters. The summed E-state index contributed by atoms with van der Waals surface area (Å²) >= 11 is 0. The fourth-order valence-electron chi connectivity index (χ4n) is 26.9. The summed E-state index contributed by atoms with van der Waals surface area (Å²) in [5.74, 6) is 2.06. The van der Waals surface area contributed by atoms with Crippen molar-refractivity contribution in [3.05, 3.63) is 167 Å². The Morgan fingerprint density at radius 3 is 0.959 bits per heavy atom. The zero-order valence-corrected chi connectivity index (χ0v) is 81.6. The van der Waals surface area contributed by atoms with Crippen LogP contribution in [0.5, 0.6) is 0 Å². The normalized spacial score (nSPS) is 25.4. The number of aromatic nitrogens is 6. The third-order valence-electron chi connectivity index (χ3n) is 37.6. The van der Waals surface area contributed by atoms with E-state index in [9.17, 15) is 0 Å². The van der Waals surface area contributed by atoms with E-state index in [1.165, 1.54) is 287 Å². The van der Waals surface area contributed by atoms with Gasteiger partial charge in [0.25, 0.3) is 0 Å². The Bertz CT molecular complexity index is 7220. The van der Waals surface area contributed by atoms with Crippen molar-refractivity contribution in [2.75, 3.05) is 20.7 Å². The first-order chi connectivity index (χ1) is 56.6. The molecule has 2 bridgehead atoms. The molecule has 12 heterocycles. The van der Waals surface area contributed by atoms with E-state index in [1.54, 1.807) is 11.1 Å². The van der Waals surface area contributed by atoms with Gasteiger partial charge in [-0.2, -0.15) is 0 Å². The van der Waals surface area contributed by atoms with Gasteiger partial charge in [0, 0.05) is 133 Å². The van der Waals surface area contributed by atoms with Crippen molar-refractivity contribution in [3.8, 4) is 0 Å². The van der Waals surface area contributed by atoms with Crippen LogP contribution < -0.4 is 5.32 Å². The number of aromatic amines is 1. The molecule has 2 saturated heterocycles. The molecule has 9 aromatic carbocycles. The van der Waals surface area contributed by atoms with Crippen molar-refractivity contribution in [3.63, 3.8) is 0 Å². The highest BCUT2D eigenvalue weighted by Crippen LogP contribution is 2.64. The zero-order chi connectivity index (χ0) is 87.7. The molecule has 0 saturated carbocycles. The van der Waals surface area contributed by atoms with Crippen molar-refractivity contribution in [1.29, 1.82) is 0 Å². The zero-order valence-electron chi connectivity index (χ0n) is 81.6. The molecule has 6 aliphatic heterocycles. The molecular weight excluding hydrogens is 1480 g/mol. The summed E-state index contributed by atoms with van der Waals surface area (Å²) in [4.78, 5) is 9.31. The van der Waals surface area contributed by atoms with Crippen LogP contribution in [0.3, 0.4) is 0 Å². The van der Waals surface area contributed by atoms with Crippen LogP contribution in [0.2, 0.25) is 0 Å². The molecule has 6 aliphatic rings. The molecule has 11 nitrogen and oxygen atoms in total. The number of H-pyrrole nitrogens is 1.